The zero-order valence-electron chi connectivity index (χ0n) is 11.5. The van der Waals surface area contributed by atoms with Gasteiger partial charge in [-0.15, -0.1) is 0 Å². The average Bonchev–Trinajstić information content (AvgIpc) is 2.36. The van der Waals surface area contributed by atoms with Gasteiger partial charge in [-0.1, -0.05) is 32.1 Å². The quantitative estimate of drug-likeness (QED) is 0.767. The molecular weight excluding hydrogens is 224 g/mol. The number of nitriles is 1. The highest BCUT2D eigenvalue weighted by atomic mass is 16.2. The van der Waals surface area contributed by atoms with E-state index in [-0.39, 0.29) is 5.91 Å². The third kappa shape index (κ3) is 2.68. The number of amides is 1. The van der Waals surface area contributed by atoms with E-state index in [0.29, 0.717) is 0 Å². The zero-order valence-corrected chi connectivity index (χ0v) is 11.5. The molecule has 2 saturated carbocycles. The molecule has 3 heteroatoms. The van der Waals surface area contributed by atoms with Crippen LogP contribution in [0.3, 0.4) is 0 Å². The van der Waals surface area contributed by atoms with Crippen LogP contribution in [0.4, 0.5) is 0 Å². The van der Waals surface area contributed by atoms with Gasteiger partial charge in [0.05, 0.1) is 6.07 Å². The summed E-state index contributed by atoms with van der Waals surface area (Å²) < 4.78 is 0. The summed E-state index contributed by atoms with van der Waals surface area (Å²) in [5.74, 6) is 0.862. The van der Waals surface area contributed by atoms with E-state index in [1.165, 1.54) is 32.1 Å². The molecular formula is C15H24N2O. The lowest BCUT2D eigenvalue weighted by molar-refractivity contribution is -0.141. The molecule has 0 atom stereocenters. The van der Waals surface area contributed by atoms with Crippen LogP contribution < -0.4 is 0 Å². The number of rotatable bonds is 4. The first kappa shape index (κ1) is 13.4. The Morgan fingerprint density at radius 3 is 2.44 bits per heavy atom. The van der Waals surface area contributed by atoms with Crippen LogP contribution in [-0.4, -0.2) is 24.4 Å². The Hall–Kier alpha value is -1.04. The molecule has 2 aliphatic carbocycles. The van der Waals surface area contributed by atoms with Crippen LogP contribution in [-0.2, 0) is 4.79 Å². The highest BCUT2D eigenvalue weighted by Gasteiger charge is 2.46. The molecule has 2 rings (SSSR count). The summed E-state index contributed by atoms with van der Waals surface area (Å²) in [7, 11) is 1.86. The second-order valence-corrected chi connectivity index (χ2v) is 6.07. The van der Waals surface area contributed by atoms with Crippen LogP contribution in [0, 0.1) is 22.7 Å². The lowest BCUT2D eigenvalue weighted by atomic mass is 9.69. The molecule has 0 saturated heterocycles. The van der Waals surface area contributed by atoms with Gasteiger partial charge >= 0.3 is 0 Å². The predicted octanol–water partition coefficient (Wildman–Crippen LogP) is 3.11. The van der Waals surface area contributed by atoms with Crippen molar-refractivity contribution in [3.63, 3.8) is 0 Å². The summed E-state index contributed by atoms with van der Waals surface area (Å²) in [6.45, 7) is 0.826. The van der Waals surface area contributed by atoms with E-state index in [9.17, 15) is 10.1 Å². The van der Waals surface area contributed by atoms with E-state index in [1.54, 1.807) is 4.90 Å². The highest BCUT2D eigenvalue weighted by Crippen LogP contribution is 2.41. The minimum Gasteiger partial charge on any atom is -0.344 e. The molecule has 2 fully saturated rings. The summed E-state index contributed by atoms with van der Waals surface area (Å²) >= 11 is 0. The molecule has 1 amide bonds. The average molecular weight is 248 g/mol. The van der Waals surface area contributed by atoms with Crippen molar-refractivity contribution in [3.8, 4) is 6.07 Å². The summed E-state index contributed by atoms with van der Waals surface area (Å²) in [6, 6.07) is 2.24. The van der Waals surface area contributed by atoms with Crippen molar-refractivity contribution < 1.29 is 4.79 Å². The molecule has 0 aliphatic heterocycles. The summed E-state index contributed by atoms with van der Waals surface area (Å²) in [5, 5.41) is 9.18. The molecule has 0 unspecified atom stereocenters. The molecule has 0 N–H and O–H groups in total. The largest absolute Gasteiger partial charge is 0.344 e. The van der Waals surface area contributed by atoms with Crippen LogP contribution in [0.25, 0.3) is 0 Å². The first-order valence-corrected chi connectivity index (χ1v) is 7.35. The minimum absolute atomic E-state index is 0.0621. The maximum atomic E-state index is 12.3. The van der Waals surface area contributed by atoms with Gasteiger partial charge in [0.2, 0.25) is 5.91 Å². The summed E-state index contributed by atoms with van der Waals surface area (Å²) in [6.07, 6.45) is 10.4. The maximum Gasteiger partial charge on any atom is 0.242 e. The van der Waals surface area contributed by atoms with Gasteiger partial charge < -0.3 is 4.90 Å². The first-order chi connectivity index (χ1) is 8.68. The Bertz CT molecular complexity index is 335. The molecule has 18 heavy (non-hydrogen) atoms. The number of nitrogens with zero attached hydrogens (tertiary/aromatic N) is 2. The minimum atomic E-state index is -0.665. The molecule has 0 heterocycles. The SMILES string of the molecule is CN(CCC1CCCCC1)C(=O)C1(C#N)CCC1. The zero-order chi connectivity index (χ0) is 13.0. The fourth-order valence-corrected chi connectivity index (χ4v) is 3.22. The molecule has 0 radical (unpaired) electrons. The molecule has 0 aromatic heterocycles. The molecule has 3 nitrogen and oxygen atoms in total. The highest BCUT2D eigenvalue weighted by molar-refractivity contribution is 5.86. The normalized spacial score (nSPS) is 22.9. The van der Waals surface area contributed by atoms with E-state index in [2.05, 4.69) is 6.07 Å². The molecule has 0 aromatic carbocycles. The van der Waals surface area contributed by atoms with Gasteiger partial charge in [0.15, 0.2) is 0 Å². The fraction of sp³-hybridized carbons (Fsp3) is 0.867. The second-order valence-electron chi connectivity index (χ2n) is 6.07. The number of carbonyl (C=O) groups excluding carboxylic acids is 1. The maximum absolute atomic E-state index is 12.3. The molecule has 2 aliphatic rings. The Balaban J connectivity index is 1.78. The van der Waals surface area contributed by atoms with Crippen LogP contribution in [0.5, 0.6) is 0 Å². The molecule has 100 valence electrons. The van der Waals surface area contributed by atoms with E-state index in [0.717, 1.165) is 38.1 Å². The molecule has 0 aromatic rings. The van der Waals surface area contributed by atoms with Crippen molar-refractivity contribution in [1.82, 2.24) is 4.90 Å². The van der Waals surface area contributed by atoms with Crippen molar-refractivity contribution >= 4 is 5.91 Å². The van der Waals surface area contributed by atoms with E-state index >= 15 is 0 Å². The van der Waals surface area contributed by atoms with Crippen LogP contribution in [0.15, 0.2) is 0 Å². The predicted molar refractivity (Wildman–Crippen MR) is 70.7 cm³/mol. The van der Waals surface area contributed by atoms with Gasteiger partial charge in [-0.05, 0) is 31.6 Å². The molecule has 0 spiro atoms. The smallest absolute Gasteiger partial charge is 0.242 e. The number of carbonyl (C=O) groups is 1. The van der Waals surface area contributed by atoms with E-state index in [1.807, 2.05) is 7.05 Å². The topological polar surface area (TPSA) is 44.1 Å². The first-order valence-electron chi connectivity index (χ1n) is 7.35. The van der Waals surface area contributed by atoms with Crippen molar-refractivity contribution in [1.29, 1.82) is 5.26 Å². The van der Waals surface area contributed by atoms with Gasteiger partial charge in [-0.2, -0.15) is 5.26 Å². The Kier molecular flexibility index (Phi) is 4.27. The second kappa shape index (κ2) is 5.73. The summed E-state index contributed by atoms with van der Waals surface area (Å²) in [4.78, 5) is 14.1. The third-order valence-corrected chi connectivity index (χ3v) is 4.77. The lowest BCUT2D eigenvalue weighted by Crippen LogP contribution is -2.46. The van der Waals surface area contributed by atoms with Gasteiger partial charge in [-0.3, -0.25) is 4.79 Å². The van der Waals surface area contributed by atoms with Gasteiger partial charge in [-0.25, -0.2) is 0 Å². The van der Waals surface area contributed by atoms with Gasteiger partial charge in [0.1, 0.15) is 5.41 Å². The third-order valence-electron chi connectivity index (χ3n) is 4.77. The van der Waals surface area contributed by atoms with Crippen LogP contribution >= 0.6 is 0 Å². The lowest BCUT2D eigenvalue weighted by Gasteiger charge is -2.37. The van der Waals surface area contributed by atoms with Crippen LogP contribution in [0.1, 0.15) is 57.8 Å². The van der Waals surface area contributed by atoms with E-state index < -0.39 is 5.41 Å². The van der Waals surface area contributed by atoms with Crippen molar-refractivity contribution in [3.05, 3.63) is 0 Å². The Morgan fingerprint density at radius 1 is 1.28 bits per heavy atom. The van der Waals surface area contributed by atoms with E-state index in [4.69, 9.17) is 0 Å². The van der Waals surface area contributed by atoms with Crippen molar-refractivity contribution in [2.45, 2.75) is 57.8 Å². The monoisotopic (exact) mass is 248 g/mol. The standard InChI is InChI=1S/C15H24N2O/c1-17(11-8-13-6-3-2-4-7-13)14(18)15(12-16)9-5-10-15/h13H,2-11H2,1H3. The fourth-order valence-electron chi connectivity index (χ4n) is 3.22. The Morgan fingerprint density at radius 2 is 1.94 bits per heavy atom. The van der Waals surface area contributed by atoms with Crippen molar-refractivity contribution in [2.24, 2.45) is 11.3 Å². The van der Waals surface area contributed by atoms with Gasteiger partial charge in [0, 0.05) is 13.6 Å². The van der Waals surface area contributed by atoms with Crippen molar-refractivity contribution in [2.75, 3.05) is 13.6 Å². The van der Waals surface area contributed by atoms with Gasteiger partial charge in [0.25, 0.3) is 0 Å². The molecule has 0 bridgehead atoms. The number of hydrogen-bond donors (Lipinski definition) is 0. The Labute approximate surface area is 110 Å². The summed E-state index contributed by atoms with van der Waals surface area (Å²) in [5.41, 5.74) is -0.665. The van der Waals surface area contributed by atoms with Crippen LogP contribution in [0.2, 0.25) is 0 Å². The number of hydrogen-bond acceptors (Lipinski definition) is 2.